The second kappa shape index (κ2) is 7.70. The topological polar surface area (TPSA) is 21.3 Å². The van der Waals surface area contributed by atoms with Crippen molar-refractivity contribution in [2.75, 3.05) is 25.7 Å². The van der Waals surface area contributed by atoms with Crippen LogP contribution in [-0.2, 0) is 0 Å². The van der Waals surface area contributed by atoms with Crippen molar-refractivity contribution in [3.63, 3.8) is 0 Å². The zero-order valence-corrected chi connectivity index (χ0v) is 13.0. The number of thioether (sulfide) groups is 1. The van der Waals surface area contributed by atoms with E-state index in [4.69, 9.17) is 4.74 Å². The molecule has 0 heterocycles. The SMILES string of the molecule is CCCNC(CSC)c1c(C)cc(C)cc1OC. The average Bonchev–Trinajstić information content (AvgIpc) is 2.34. The molecule has 0 bridgehead atoms. The van der Waals surface area contributed by atoms with Gasteiger partial charge in [-0.1, -0.05) is 13.0 Å². The minimum Gasteiger partial charge on any atom is -0.496 e. The largest absolute Gasteiger partial charge is 0.496 e. The van der Waals surface area contributed by atoms with Crippen molar-refractivity contribution in [2.45, 2.75) is 33.2 Å². The third kappa shape index (κ3) is 3.92. The number of benzene rings is 1. The van der Waals surface area contributed by atoms with Crippen LogP contribution >= 0.6 is 11.8 Å². The summed E-state index contributed by atoms with van der Waals surface area (Å²) in [7, 11) is 1.76. The maximum atomic E-state index is 5.57. The van der Waals surface area contributed by atoms with E-state index in [-0.39, 0.29) is 0 Å². The van der Waals surface area contributed by atoms with Gasteiger partial charge in [0.2, 0.25) is 0 Å². The molecule has 18 heavy (non-hydrogen) atoms. The van der Waals surface area contributed by atoms with Crippen molar-refractivity contribution in [2.24, 2.45) is 0 Å². The van der Waals surface area contributed by atoms with Gasteiger partial charge in [0.15, 0.2) is 0 Å². The minimum absolute atomic E-state index is 0.371. The van der Waals surface area contributed by atoms with Gasteiger partial charge < -0.3 is 10.1 Å². The summed E-state index contributed by atoms with van der Waals surface area (Å²) < 4.78 is 5.57. The summed E-state index contributed by atoms with van der Waals surface area (Å²) in [4.78, 5) is 0. The molecule has 0 fully saturated rings. The Morgan fingerprint density at radius 1 is 1.33 bits per heavy atom. The molecule has 1 aromatic carbocycles. The second-order valence-electron chi connectivity index (χ2n) is 4.66. The molecule has 2 nitrogen and oxygen atoms in total. The van der Waals surface area contributed by atoms with Crippen LogP contribution < -0.4 is 10.1 Å². The van der Waals surface area contributed by atoms with Crippen molar-refractivity contribution in [3.8, 4) is 5.75 Å². The first-order chi connectivity index (χ1) is 8.63. The molecule has 0 saturated heterocycles. The van der Waals surface area contributed by atoms with Gasteiger partial charge in [0, 0.05) is 17.4 Å². The summed E-state index contributed by atoms with van der Waals surface area (Å²) in [5.41, 5.74) is 3.88. The Labute approximate surface area is 116 Å². The Balaban J connectivity index is 3.08. The van der Waals surface area contributed by atoms with E-state index in [0.717, 1.165) is 24.5 Å². The molecule has 1 unspecified atom stereocenters. The van der Waals surface area contributed by atoms with Crippen LogP contribution in [-0.4, -0.2) is 25.7 Å². The number of ether oxygens (including phenoxy) is 1. The molecule has 0 aromatic heterocycles. The Hall–Kier alpha value is -0.670. The molecule has 1 aromatic rings. The van der Waals surface area contributed by atoms with Crippen LogP contribution in [0.1, 0.15) is 36.1 Å². The van der Waals surface area contributed by atoms with Crippen LogP contribution in [0.2, 0.25) is 0 Å². The number of hydrogen-bond acceptors (Lipinski definition) is 3. The highest BCUT2D eigenvalue weighted by Crippen LogP contribution is 2.31. The highest BCUT2D eigenvalue weighted by Gasteiger charge is 2.17. The van der Waals surface area contributed by atoms with Crippen molar-refractivity contribution in [3.05, 3.63) is 28.8 Å². The summed E-state index contributed by atoms with van der Waals surface area (Å²) >= 11 is 1.87. The lowest BCUT2D eigenvalue weighted by atomic mass is 9.98. The van der Waals surface area contributed by atoms with Gasteiger partial charge in [-0.05, 0) is 50.3 Å². The van der Waals surface area contributed by atoms with Gasteiger partial charge in [0.05, 0.1) is 7.11 Å². The molecule has 0 spiro atoms. The lowest BCUT2D eigenvalue weighted by Gasteiger charge is -2.23. The van der Waals surface area contributed by atoms with Gasteiger partial charge >= 0.3 is 0 Å². The van der Waals surface area contributed by atoms with Crippen molar-refractivity contribution >= 4 is 11.8 Å². The predicted octanol–water partition coefficient (Wildman–Crippen LogP) is 3.72. The average molecular weight is 267 g/mol. The fourth-order valence-electron chi connectivity index (χ4n) is 2.28. The molecule has 0 aliphatic heterocycles. The van der Waals surface area contributed by atoms with Gasteiger partial charge in [-0.25, -0.2) is 0 Å². The summed E-state index contributed by atoms with van der Waals surface area (Å²) in [6, 6.07) is 4.73. The molecule has 0 aliphatic carbocycles. The fourth-order valence-corrected chi connectivity index (χ4v) is 2.90. The van der Waals surface area contributed by atoms with Gasteiger partial charge in [-0.3, -0.25) is 0 Å². The van der Waals surface area contributed by atoms with Gasteiger partial charge in [0.1, 0.15) is 5.75 Å². The number of methoxy groups -OCH3 is 1. The van der Waals surface area contributed by atoms with E-state index in [1.165, 1.54) is 16.7 Å². The Bertz CT molecular complexity index is 379. The molecule has 1 N–H and O–H groups in total. The third-order valence-electron chi connectivity index (χ3n) is 3.04. The lowest BCUT2D eigenvalue weighted by Crippen LogP contribution is -2.25. The van der Waals surface area contributed by atoms with Crippen LogP contribution in [0.4, 0.5) is 0 Å². The highest BCUT2D eigenvalue weighted by molar-refractivity contribution is 7.98. The maximum absolute atomic E-state index is 5.57. The molecule has 0 radical (unpaired) electrons. The third-order valence-corrected chi connectivity index (χ3v) is 3.70. The van der Waals surface area contributed by atoms with E-state index in [1.807, 2.05) is 11.8 Å². The monoisotopic (exact) mass is 267 g/mol. The maximum Gasteiger partial charge on any atom is 0.124 e. The Kier molecular flexibility index (Phi) is 6.58. The molecule has 102 valence electrons. The van der Waals surface area contributed by atoms with Crippen molar-refractivity contribution < 1.29 is 4.74 Å². The minimum atomic E-state index is 0.371. The number of rotatable bonds is 7. The van der Waals surface area contributed by atoms with E-state index in [1.54, 1.807) is 7.11 Å². The summed E-state index contributed by atoms with van der Waals surface area (Å²) in [5, 5.41) is 3.62. The molecule has 1 atom stereocenters. The summed E-state index contributed by atoms with van der Waals surface area (Å²) in [5.74, 6) is 2.08. The van der Waals surface area contributed by atoms with E-state index in [2.05, 4.69) is 44.5 Å². The van der Waals surface area contributed by atoms with Crippen molar-refractivity contribution in [1.82, 2.24) is 5.32 Å². The molecule has 3 heteroatoms. The fraction of sp³-hybridized carbons (Fsp3) is 0.600. The second-order valence-corrected chi connectivity index (χ2v) is 5.57. The lowest BCUT2D eigenvalue weighted by molar-refractivity contribution is 0.401. The van der Waals surface area contributed by atoms with E-state index in [0.29, 0.717) is 6.04 Å². The molecule has 0 saturated carbocycles. The standard InChI is InChI=1S/C15H25NOS/c1-6-7-16-13(10-18-5)15-12(3)8-11(2)9-14(15)17-4/h8-9,13,16H,6-7,10H2,1-5H3. The van der Waals surface area contributed by atoms with E-state index >= 15 is 0 Å². The smallest absolute Gasteiger partial charge is 0.124 e. The summed E-state index contributed by atoms with van der Waals surface area (Å²) in [6.45, 7) is 7.53. The molecule has 1 rings (SSSR count). The van der Waals surface area contributed by atoms with Gasteiger partial charge in [0.25, 0.3) is 0 Å². The van der Waals surface area contributed by atoms with Crippen LogP contribution in [0.15, 0.2) is 12.1 Å². The van der Waals surface area contributed by atoms with Crippen LogP contribution in [0, 0.1) is 13.8 Å². The first-order valence-electron chi connectivity index (χ1n) is 6.51. The van der Waals surface area contributed by atoms with Crippen LogP contribution in [0.3, 0.4) is 0 Å². The highest BCUT2D eigenvalue weighted by atomic mass is 32.2. The van der Waals surface area contributed by atoms with Crippen molar-refractivity contribution in [1.29, 1.82) is 0 Å². The predicted molar refractivity (Wildman–Crippen MR) is 81.9 cm³/mol. The van der Waals surface area contributed by atoms with Gasteiger partial charge in [-0.15, -0.1) is 0 Å². The number of nitrogens with one attached hydrogen (secondary N) is 1. The van der Waals surface area contributed by atoms with Gasteiger partial charge in [-0.2, -0.15) is 11.8 Å². The number of aryl methyl sites for hydroxylation is 2. The zero-order chi connectivity index (χ0) is 13.5. The molecular formula is C15H25NOS. The zero-order valence-electron chi connectivity index (χ0n) is 12.2. The molecular weight excluding hydrogens is 242 g/mol. The quantitative estimate of drug-likeness (QED) is 0.813. The Morgan fingerprint density at radius 3 is 2.61 bits per heavy atom. The Morgan fingerprint density at radius 2 is 2.06 bits per heavy atom. The summed E-state index contributed by atoms with van der Waals surface area (Å²) in [6.07, 6.45) is 3.30. The van der Waals surface area contributed by atoms with Crippen LogP contribution in [0.25, 0.3) is 0 Å². The first kappa shape index (κ1) is 15.4. The normalized spacial score (nSPS) is 12.5. The van der Waals surface area contributed by atoms with E-state index < -0.39 is 0 Å². The molecule has 0 amide bonds. The van der Waals surface area contributed by atoms with Crippen LogP contribution in [0.5, 0.6) is 5.75 Å². The first-order valence-corrected chi connectivity index (χ1v) is 7.90. The number of hydrogen-bond donors (Lipinski definition) is 1. The van der Waals surface area contributed by atoms with E-state index in [9.17, 15) is 0 Å². The molecule has 0 aliphatic rings.